The third kappa shape index (κ3) is 13.8. The first kappa shape index (κ1) is 10.9. The van der Waals surface area contributed by atoms with Gasteiger partial charge in [0.15, 0.2) is 0 Å². The molecule has 24 heavy (non-hydrogen) atoms. The number of Topliss-reactive ketones (excluding diaryl/α,β-unsaturated/α-hetero) is 1. The molecule has 0 heterocycles. The highest BCUT2D eigenvalue weighted by molar-refractivity contribution is 5.75. The van der Waals surface area contributed by atoms with Gasteiger partial charge in [0.2, 0.25) is 0 Å². The Morgan fingerprint density at radius 3 is 2.33 bits per heavy atom. The minimum Gasteiger partial charge on any atom is -0.494 e. The number of carbonyl (C=O) groups is 2. The van der Waals surface area contributed by atoms with Crippen LogP contribution in [0.3, 0.4) is 0 Å². The maximum absolute atomic E-state index is 11.7. The molecule has 0 aliphatic carbocycles. The average Bonchev–Trinajstić information content (AvgIpc) is 2.70. The molecule has 1 atom stereocenters. The maximum atomic E-state index is 11.7. The molecule has 0 bridgehead atoms. The molecule has 4 nitrogen and oxygen atoms in total. The van der Waals surface area contributed by atoms with E-state index in [1.807, 2.05) is 13.8 Å². The molecule has 0 amide bonds. The monoisotopic (exact) mass is 346 g/mol. The van der Waals surface area contributed by atoms with Crippen molar-refractivity contribution in [2.75, 3.05) is 6.61 Å². The third-order valence-electron chi connectivity index (χ3n) is 2.84. The van der Waals surface area contributed by atoms with Crippen molar-refractivity contribution in [3.05, 3.63) is 29.7 Å². The van der Waals surface area contributed by atoms with Crippen molar-refractivity contribution in [3.63, 3.8) is 0 Å². The summed E-state index contributed by atoms with van der Waals surface area (Å²) in [6.07, 6.45) is -1.52. The van der Waals surface area contributed by atoms with Crippen LogP contribution in [-0.4, -0.2) is 23.5 Å². The summed E-state index contributed by atoms with van der Waals surface area (Å²) >= 11 is 0. The first-order valence-corrected chi connectivity index (χ1v) is 7.82. The summed E-state index contributed by atoms with van der Waals surface area (Å²) in [5.41, 5.74) is 0.190. The Morgan fingerprint density at radius 2 is 1.88 bits per heavy atom. The van der Waals surface area contributed by atoms with Gasteiger partial charge in [0.05, 0.1) is 12.1 Å². The zero-order chi connectivity index (χ0) is 26.3. The topological polar surface area (TPSA) is 63.6 Å². The summed E-state index contributed by atoms with van der Waals surface area (Å²) in [6.45, 7) is 3.64. The van der Waals surface area contributed by atoms with Gasteiger partial charge >= 0.3 is 5.97 Å². The molecule has 0 radical (unpaired) electrons. The summed E-state index contributed by atoms with van der Waals surface area (Å²) in [5, 5.41) is 8.16. The number of ketones is 1. The lowest BCUT2D eigenvalue weighted by atomic mass is 10.0. The van der Waals surface area contributed by atoms with E-state index >= 15 is 0 Å². The molecule has 0 spiro atoms. The molecular formula is C20H32O4. The van der Waals surface area contributed by atoms with Crippen LogP contribution in [0.25, 0.3) is 0 Å². The Kier molecular flexibility index (Phi) is 5.71. The van der Waals surface area contributed by atoms with Gasteiger partial charge < -0.3 is 14.6 Å². The van der Waals surface area contributed by atoms with Gasteiger partial charge in [-0.3, -0.25) is 4.79 Å². The molecule has 1 unspecified atom stereocenters. The molecular weight excluding hydrogens is 305 g/mol. The Hall–Kier alpha value is -1.84. The van der Waals surface area contributed by atoms with E-state index < -0.39 is 30.9 Å². The molecule has 1 aromatic carbocycles. The number of carboxylic acid groups (broad SMARTS) is 1. The largest absolute Gasteiger partial charge is 0.494 e. The van der Waals surface area contributed by atoms with Crippen LogP contribution in [0.2, 0.25) is 0 Å². The molecule has 0 saturated heterocycles. The van der Waals surface area contributed by atoms with Gasteiger partial charge in [-0.1, -0.05) is 38.4 Å². The quantitative estimate of drug-likeness (QED) is 0.647. The summed E-state index contributed by atoms with van der Waals surface area (Å²) in [4.78, 5) is 21.6. The van der Waals surface area contributed by atoms with Crippen LogP contribution in [-0.2, 0) is 9.59 Å². The summed E-state index contributed by atoms with van der Waals surface area (Å²) < 4.78 is 72.9. The Morgan fingerprint density at radius 1 is 1.25 bits per heavy atom. The summed E-state index contributed by atoms with van der Waals surface area (Å²) in [7, 11) is 0. The number of rotatable bonds is 9. The van der Waals surface area contributed by atoms with Gasteiger partial charge in [-0.05, 0) is 50.5 Å². The smallest absolute Gasteiger partial charge is 0.303 e. The van der Waals surface area contributed by atoms with Crippen molar-refractivity contribution in [2.45, 2.75) is 60.2 Å². The molecule has 1 rings (SSSR count). The van der Waals surface area contributed by atoms with E-state index in [9.17, 15) is 9.59 Å². The van der Waals surface area contributed by atoms with Gasteiger partial charge in [0.25, 0.3) is 0 Å². The van der Waals surface area contributed by atoms with E-state index in [1.165, 1.54) is 13.8 Å². The average molecular weight is 347 g/mol. The van der Waals surface area contributed by atoms with Gasteiger partial charge in [-0.15, -0.1) is 0 Å². The number of carbonyl (C=O) groups excluding carboxylic acids is 1. The van der Waals surface area contributed by atoms with Gasteiger partial charge in [-0.2, -0.15) is 0 Å². The SMILES string of the molecule is CC(C)CC[13C](=O)O.[2H]c1c([2H])c(OCCC(C)C([2H])([2H])C(=O)C([2H])([2H])[2H])c([2H])c([2H])c1C. The molecule has 1 N–H and O–H groups in total. The van der Waals surface area contributed by atoms with E-state index in [0.29, 0.717) is 12.3 Å². The summed E-state index contributed by atoms with van der Waals surface area (Å²) in [6, 6.07) is -1.13. The fourth-order valence-corrected chi connectivity index (χ4v) is 1.48. The van der Waals surface area contributed by atoms with Crippen LogP contribution in [0.1, 0.15) is 71.2 Å². The molecule has 0 saturated carbocycles. The molecule has 0 aliphatic heterocycles. The van der Waals surface area contributed by atoms with E-state index in [4.69, 9.17) is 22.2 Å². The van der Waals surface area contributed by atoms with Crippen molar-refractivity contribution < 1.29 is 31.8 Å². The van der Waals surface area contributed by atoms with Crippen LogP contribution in [0, 0.1) is 18.8 Å². The number of hydrogen-bond donors (Lipinski definition) is 1. The minimum absolute atomic E-state index is 0.0394. The predicted molar refractivity (Wildman–Crippen MR) is 97.5 cm³/mol. The standard InChI is InChI=1S/C14H20O2.C6H12O2/c1-11-4-6-14(7-5-11)16-9-8-12(2)10-13(3)15;1-5(2)3-4-6(7)8/h4-7,12H,8-10H2,1-3H3;5H,3-4H2,1-2H3,(H,7,8)/i3D3,4D,5D,6D,7D,10D2;6+1. The fourth-order valence-electron chi connectivity index (χ4n) is 1.48. The zero-order valence-electron chi connectivity index (χ0n) is 23.7. The second kappa shape index (κ2) is 12.6. The Labute approximate surface area is 158 Å². The van der Waals surface area contributed by atoms with Crippen molar-refractivity contribution in [3.8, 4) is 5.75 Å². The van der Waals surface area contributed by atoms with Gasteiger partial charge in [-0.25, -0.2) is 0 Å². The highest BCUT2D eigenvalue weighted by atomic mass is 16.5. The number of ether oxygens (including phenoxy) is 1. The summed E-state index contributed by atoms with van der Waals surface area (Å²) in [5.74, 6) is -2.90. The third-order valence-corrected chi connectivity index (χ3v) is 2.84. The van der Waals surface area contributed by atoms with E-state index in [-0.39, 0.29) is 48.5 Å². The van der Waals surface area contributed by atoms with E-state index in [2.05, 4.69) is 0 Å². The second-order valence-corrected chi connectivity index (χ2v) is 5.79. The first-order chi connectivity index (χ1) is 14.8. The predicted octanol–water partition coefficient (Wildman–Crippen LogP) is 4.89. The lowest BCUT2D eigenvalue weighted by Gasteiger charge is -2.10. The Balaban J connectivity index is 0.00000109. The van der Waals surface area contributed by atoms with Gasteiger partial charge in [0, 0.05) is 19.6 Å². The fraction of sp³-hybridized carbons (Fsp3) is 0.600. The van der Waals surface area contributed by atoms with E-state index in [0.717, 1.165) is 6.42 Å². The van der Waals surface area contributed by atoms with Gasteiger partial charge in [0.1, 0.15) is 11.5 Å². The lowest BCUT2D eigenvalue weighted by molar-refractivity contribution is -0.137. The highest BCUT2D eigenvalue weighted by Gasteiger charge is 2.05. The molecule has 0 aliphatic rings. The van der Waals surface area contributed by atoms with Crippen molar-refractivity contribution >= 4 is 11.8 Å². The molecule has 4 heteroatoms. The van der Waals surface area contributed by atoms with E-state index in [1.54, 1.807) is 0 Å². The van der Waals surface area contributed by atoms with Crippen molar-refractivity contribution in [1.82, 2.24) is 0 Å². The zero-order valence-corrected chi connectivity index (χ0v) is 14.7. The molecule has 0 aromatic heterocycles. The highest BCUT2D eigenvalue weighted by Crippen LogP contribution is 2.14. The first-order valence-electron chi connectivity index (χ1n) is 12.3. The number of benzene rings is 1. The number of aliphatic carboxylic acids is 1. The molecule has 0 fully saturated rings. The number of hydrogen-bond acceptors (Lipinski definition) is 3. The van der Waals surface area contributed by atoms with Crippen molar-refractivity contribution in [2.24, 2.45) is 11.8 Å². The Bertz CT molecular complexity index is 807. The van der Waals surface area contributed by atoms with Crippen LogP contribution < -0.4 is 4.74 Å². The van der Waals surface area contributed by atoms with Crippen molar-refractivity contribution in [1.29, 1.82) is 0 Å². The van der Waals surface area contributed by atoms with Crippen LogP contribution in [0.4, 0.5) is 0 Å². The van der Waals surface area contributed by atoms with Crippen LogP contribution in [0.5, 0.6) is 5.75 Å². The minimum atomic E-state index is -3.04. The lowest BCUT2D eigenvalue weighted by Crippen LogP contribution is -2.07. The van der Waals surface area contributed by atoms with Crippen LogP contribution in [0.15, 0.2) is 24.2 Å². The second-order valence-electron chi connectivity index (χ2n) is 5.79. The maximum Gasteiger partial charge on any atom is 0.303 e. The molecule has 136 valence electrons. The number of carboxylic acids is 1. The normalized spacial score (nSPS) is 18.0. The molecule has 1 aromatic rings. The van der Waals surface area contributed by atoms with Crippen LogP contribution >= 0.6 is 0 Å².